The van der Waals surface area contributed by atoms with E-state index >= 15 is 0 Å². The van der Waals surface area contributed by atoms with Crippen LogP contribution >= 0.6 is 11.6 Å². The second kappa shape index (κ2) is 9.26. The molecular weight excluding hydrogens is 496 g/mol. The lowest BCUT2D eigenvalue weighted by Gasteiger charge is -2.11. The molecule has 5 nitrogen and oxygen atoms in total. The largest absolute Gasteiger partial charge is 0.497 e. The molecule has 0 N–H and O–H groups in total. The van der Waals surface area contributed by atoms with Crippen LogP contribution in [0.1, 0.15) is 18.6 Å². The Bertz CT molecular complexity index is 1850. The van der Waals surface area contributed by atoms with E-state index in [-0.39, 0.29) is 5.91 Å². The van der Waals surface area contributed by atoms with Gasteiger partial charge in [-0.1, -0.05) is 23.7 Å². The van der Waals surface area contributed by atoms with Crippen LogP contribution in [0.3, 0.4) is 0 Å². The van der Waals surface area contributed by atoms with E-state index in [1.165, 1.54) is 0 Å². The maximum atomic E-state index is 13.3. The second-order valence-corrected chi connectivity index (χ2v) is 9.76. The Kier molecular flexibility index (Phi) is 5.88. The van der Waals surface area contributed by atoms with Gasteiger partial charge in [0.25, 0.3) is 0 Å². The summed E-state index contributed by atoms with van der Waals surface area (Å²) in [5.74, 6) is 1.48. The molecule has 6 aromatic rings. The number of nitrogens with zero attached hydrogens (tertiary/aromatic N) is 2. The number of aromatic nitrogens is 2. The molecule has 0 aliphatic heterocycles. The zero-order valence-corrected chi connectivity index (χ0v) is 22.5. The topological polar surface area (TPSA) is 45.4 Å². The van der Waals surface area contributed by atoms with Crippen LogP contribution < -0.4 is 9.47 Å². The minimum Gasteiger partial charge on any atom is -0.497 e. The predicted molar refractivity (Wildman–Crippen MR) is 156 cm³/mol. The van der Waals surface area contributed by atoms with E-state index in [0.29, 0.717) is 5.02 Å². The van der Waals surface area contributed by atoms with Gasteiger partial charge in [0.1, 0.15) is 11.5 Å². The quantitative estimate of drug-likeness (QED) is 0.228. The predicted octanol–water partition coefficient (Wildman–Crippen LogP) is 8.43. The molecule has 0 saturated carbocycles. The van der Waals surface area contributed by atoms with Gasteiger partial charge in [-0.2, -0.15) is 0 Å². The van der Waals surface area contributed by atoms with Crippen LogP contribution in [-0.2, 0) is 6.54 Å². The molecule has 0 fully saturated rings. The highest BCUT2D eigenvalue weighted by Gasteiger charge is 2.24. The van der Waals surface area contributed by atoms with Crippen molar-refractivity contribution >= 4 is 50.2 Å². The Hall–Kier alpha value is -4.22. The number of aryl methyl sites for hydroxylation is 1. The summed E-state index contributed by atoms with van der Waals surface area (Å²) in [4.78, 5) is 13.3. The third-order valence-corrected chi connectivity index (χ3v) is 7.52. The van der Waals surface area contributed by atoms with Crippen molar-refractivity contribution in [3.63, 3.8) is 0 Å². The van der Waals surface area contributed by atoms with Gasteiger partial charge in [0.2, 0.25) is 5.91 Å². The second-order valence-electron chi connectivity index (χ2n) is 9.33. The van der Waals surface area contributed by atoms with Gasteiger partial charge in [-0.25, -0.2) is 0 Å². The highest BCUT2D eigenvalue weighted by molar-refractivity contribution is 6.32. The van der Waals surface area contributed by atoms with Gasteiger partial charge >= 0.3 is 0 Å². The van der Waals surface area contributed by atoms with Gasteiger partial charge in [0.15, 0.2) is 0 Å². The molecule has 4 aromatic carbocycles. The van der Waals surface area contributed by atoms with Crippen molar-refractivity contribution in [1.82, 2.24) is 9.13 Å². The van der Waals surface area contributed by atoms with Crippen molar-refractivity contribution in [1.29, 1.82) is 0 Å². The number of carbonyl (C=O) groups excluding carboxylic acids is 1. The molecular formula is C32H27ClN2O3. The first kappa shape index (κ1) is 24.1. The lowest BCUT2D eigenvalue weighted by molar-refractivity contribution is 0.0943. The van der Waals surface area contributed by atoms with Gasteiger partial charge in [-0.3, -0.25) is 9.36 Å². The fourth-order valence-electron chi connectivity index (χ4n) is 5.59. The molecule has 0 unspecified atom stereocenters. The molecule has 0 bridgehead atoms. The number of benzene rings is 4. The van der Waals surface area contributed by atoms with Gasteiger partial charge in [-0.15, -0.1) is 0 Å². The van der Waals surface area contributed by atoms with Crippen LogP contribution in [0.4, 0.5) is 0 Å². The van der Waals surface area contributed by atoms with Crippen molar-refractivity contribution in [2.45, 2.75) is 20.4 Å². The van der Waals surface area contributed by atoms with Crippen LogP contribution in [0.2, 0.25) is 5.02 Å². The third-order valence-electron chi connectivity index (χ3n) is 7.29. The van der Waals surface area contributed by atoms with Gasteiger partial charge in [-0.05, 0) is 84.8 Å². The summed E-state index contributed by atoms with van der Waals surface area (Å²) in [5.41, 5.74) is 6.86. The van der Waals surface area contributed by atoms with Crippen LogP contribution in [0, 0.1) is 0 Å². The summed E-state index contributed by atoms with van der Waals surface area (Å²) >= 11 is 6.42. The maximum Gasteiger partial charge on any atom is 0.228 e. The molecule has 0 aliphatic rings. The Morgan fingerprint density at radius 1 is 0.737 bits per heavy atom. The molecule has 0 aliphatic carbocycles. The molecule has 0 atom stereocenters. The minimum absolute atomic E-state index is 0.0582. The lowest BCUT2D eigenvalue weighted by Crippen LogP contribution is -2.07. The molecule has 38 heavy (non-hydrogen) atoms. The first-order valence-corrected chi connectivity index (χ1v) is 12.9. The molecule has 2 aromatic heterocycles. The summed E-state index contributed by atoms with van der Waals surface area (Å²) in [6.45, 7) is 4.57. The van der Waals surface area contributed by atoms with Crippen molar-refractivity contribution < 1.29 is 14.3 Å². The van der Waals surface area contributed by atoms with Gasteiger partial charge in [0.05, 0.1) is 25.4 Å². The molecule has 0 amide bonds. The number of hydrogen-bond donors (Lipinski definition) is 0. The number of fused-ring (bicyclic) bond motifs is 4. The van der Waals surface area contributed by atoms with E-state index in [1.807, 2.05) is 65.2 Å². The highest BCUT2D eigenvalue weighted by Crippen LogP contribution is 2.44. The summed E-state index contributed by atoms with van der Waals surface area (Å²) in [6, 6.07) is 26.2. The summed E-state index contributed by atoms with van der Waals surface area (Å²) < 4.78 is 15.0. The third kappa shape index (κ3) is 3.65. The molecule has 0 radical (unpaired) electrons. The summed E-state index contributed by atoms with van der Waals surface area (Å²) in [5, 5.41) is 3.84. The summed E-state index contributed by atoms with van der Waals surface area (Å²) in [6.07, 6.45) is 0. The molecule has 6 rings (SSSR count). The van der Waals surface area contributed by atoms with Crippen molar-refractivity contribution in [3.05, 3.63) is 83.9 Å². The number of rotatable bonds is 5. The van der Waals surface area contributed by atoms with Gasteiger partial charge in [0, 0.05) is 51.2 Å². The first-order valence-electron chi connectivity index (χ1n) is 12.5. The smallest absolute Gasteiger partial charge is 0.228 e. The molecule has 6 heteroatoms. The number of halogens is 1. The van der Waals surface area contributed by atoms with E-state index in [1.54, 1.807) is 21.1 Å². The average molecular weight is 523 g/mol. The minimum atomic E-state index is -0.0582. The van der Waals surface area contributed by atoms with Crippen LogP contribution in [0.15, 0.2) is 78.9 Å². The SMILES string of the molecule is CCn1c2ccc(Cl)cc2c2cc3c(cc21)c(-c1ccc(OC)cc1)c(-c1ccc(OC)cc1)n3C(C)=O. The fourth-order valence-corrected chi connectivity index (χ4v) is 5.76. The highest BCUT2D eigenvalue weighted by atomic mass is 35.5. The normalized spacial score (nSPS) is 11.5. The Morgan fingerprint density at radius 2 is 1.32 bits per heavy atom. The molecule has 0 spiro atoms. The van der Waals surface area contributed by atoms with Crippen LogP contribution in [0.5, 0.6) is 11.5 Å². The number of ether oxygens (including phenoxy) is 2. The van der Waals surface area contributed by atoms with E-state index in [0.717, 1.165) is 73.1 Å². The molecule has 2 heterocycles. The van der Waals surface area contributed by atoms with Crippen LogP contribution in [0.25, 0.3) is 55.1 Å². The van der Waals surface area contributed by atoms with Crippen LogP contribution in [-0.4, -0.2) is 29.3 Å². The summed E-state index contributed by atoms with van der Waals surface area (Å²) in [7, 11) is 3.31. The van der Waals surface area contributed by atoms with Crippen molar-refractivity contribution in [2.75, 3.05) is 14.2 Å². The number of hydrogen-bond acceptors (Lipinski definition) is 3. The molecule has 190 valence electrons. The standard InChI is InChI=1S/C32H27ClN2O3/c1-5-34-28-15-10-22(33)16-25(28)26-17-30-27(18-29(26)34)31(20-6-11-23(37-3)12-7-20)32(35(30)19(2)36)21-8-13-24(38-4)14-9-21/h6-18H,5H2,1-4H3. The first-order chi connectivity index (χ1) is 18.4. The Morgan fingerprint density at radius 3 is 1.89 bits per heavy atom. The van der Waals surface area contributed by atoms with Crippen molar-refractivity contribution in [2.24, 2.45) is 0 Å². The maximum absolute atomic E-state index is 13.3. The van der Waals surface area contributed by atoms with E-state index < -0.39 is 0 Å². The van der Waals surface area contributed by atoms with E-state index in [9.17, 15) is 4.79 Å². The fraction of sp³-hybridized carbons (Fsp3) is 0.156. The average Bonchev–Trinajstić information content (AvgIpc) is 3.43. The van der Waals surface area contributed by atoms with E-state index in [2.05, 4.69) is 29.7 Å². The lowest BCUT2D eigenvalue weighted by atomic mass is 9.97. The number of carbonyl (C=O) groups is 1. The zero-order chi connectivity index (χ0) is 26.6. The van der Waals surface area contributed by atoms with Gasteiger partial charge < -0.3 is 14.0 Å². The monoisotopic (exact) mass is 522 g/mol. The van der Waals surface area contributed by atoms with E-state index in [4.69, 9.17) is 21.1 Å². The Balaban J connectivity index is 1.79. The molecule has 0 saturated heterocycles. The zero-order valence-electron chi connectivity index (χ0n) is 21.7. The Labute approximate surface area is 225 Å². The number of methoxy groups -OCH3 is 2. The van der Waals surface area contributed by atoms with Crippen molar-refractivity contribution in [3.8, 4) is 33.9 Å².